The van der Waals surface area contributed by atoms with Gasteiger partial charge in [-0.1, -0.05) is 23.7 Å². The second-order valence-electron chi connectivity index (χ2n) is 4.13. The van der Waals surface area contributed by atoms with Gasteiger partial charge in [-0.25, -0.2) is 0 Å². The maximum absolute atomic E-state index is 11.9. The molecule has 0 fully saturated rings. The highest BCUT2D eigenvalue weighted by atomic mass is 35.5. The summed E-state index contributed by atoms with van der Waals surface area (Å²) in [7, 11) is 1.77. The first kappa shape index (κ1) is 9.53. The van der Waals surface area contributed by atoms with E-state index in [9.17, 15) is 4.79 Å². The molecule has 0 aliphatic carbocycles. The van der Waals surface area contributed by atoms with Crippen molar-refractivity contribution in [3.63, 3.8) is 0 Å². The topological polar surface area (TPSA) is 20.3 Å². The average Bonchev–Trinajstić information content (AvgIpc) is 2.30. The van der Waals surface area contributed by atoms with Gasteiger partial charge in [-0.05, 0) is 25.5 Å². The van der Waals surface area contributed by atoms with Gasteiger partial charge in [0.2, 0.25) is 5.91 Å². The molecule has 0 radical (unpaired) electrons. The van der Waals surface area contributed by atoms with Crippen LogP contribution in [0.2, 0.25) is 5.02 Å². The van der Waals surface area contributed by atoms with Crippen molar-refractivity contribution in [1.29, 1.82) is 0 Å². The highest BCUT2D eigenvalue weighted by molar-refractivity contribution is 6.35. The molecule has 1 aliphatic rings. The standard InChI is InChI=1S/C11H12ClNO/c1-11(2)7-5-4-6-8(12)9(7)13(3)10(11)14/h4-6H,1-3H3. The van der Waals surface area contributed by atoms with Crippen molar-refractivity contribution >= 4 is 23.2 Å². The van der Waals surface area contributed by atoms with Crippen molar-refractivity contribution in [2.75, 3.05) is 11.9 Å². The minimum Gasteiger partial charge on any atom is -0.313 e. The fourth-order valence-electron chi connectivity index (χ4n) is 2.00. The Bertz CT molecular complexity index is 412. The Morgan fingerprint density at radius 1 is 1.36 bits per heavy atom. The molecule has 1 aliphatic heterocycles. The van der Waals surface area contributed by atoms with E-state index in [1.165, 1.54) is 0 Å². The minimum atomic E-state index is -0.449. The van der Waals surface area contributed by atoms with Crippen LogP contribution in [0.5, 0.6) is 0 Å². The number of para-hydroxylation sites is 1. The largest absolute Gasteiger partial charge is 0.313 e. The molecule has 0 saturated heterocycles. The molecular weight excluding hydrogens is 198 g/mol. The van der Waals surface area contributed by atoms with Crippen molar-refractivity contribution in [2.45, 2.75) is 19.3 Å². The number of hydrogen-bond acceptors (Lipinski definition) is 1. The first-order chi connectivity index (χ1) is 6.46. The number of amides is 1. The van der Waals surface area contributed by atoms with Crippen molar-refractivity contribution in [1.82, 2.24) is 0 Å². The molecule has 0 unspecified atom stereocenters. The molecule has 1 heterocycles. The van der Waals surface area contributed by atoms with Crippen molar-refractivity contribution in [2.24, 2.45) is 0 Å². The molecular formula is C11H12ClNO. The molecule has 0 aromatic heterocycles. The van der Waals surface area contributed by atoms with Gasteiger partial charge < -0.3 is 4.90 Å². The molecule has 2 rings (SSSR count). The number of benzene rings is 1. The Balaban J connectivity index is 2.74. The van der Waals surface area contributed by atoms with Crippen LogP contribution in [0.15, 0.2) is 18.2 Å². The van der Waals surface area contributed by atoms with Gasteiger partial charge in [0.25, 0.3) is 0 Å². The molecule has 0 saturated carbocycles. The summed E-state index contributed by atoms with van der Waals surface area (Å²) in [4.78, 5) is 13.5. The molecule has 1 aromatic carbocycles. The van der Waals surface area contributed by atoms with Crippen LogP contribution in [0.3, 0.4) is 0 Å². The van der Waals surface area contributed by atoms with Gasteiger partial charge in [0.15, 0.2) is 0 Å². The first-order valence-electron chi connectivity index (χ1n) is 4.53. The van der Waals surface area contributed by atoms with E-state index < -0.39 is 5.41 Å². The van der Waals surface area contributed by atoms with Gasteiger partial charge in [-0.2, -0.15) is 0 Å². The zero-order valence-electron chi connectivity index (χ0n) is 8.47. The SMILES string of the molecule is CN1C(=O)C(C)(C)c2cccc(Cl)c21. The fraction of sp³-hybridized carbons (Fsp3) is 0.364. The molecule has 3 heteroatoms. The molecule has 0 spiro atoms. The molecule has 2 nitrogen and oxygen atoms in total. The third kappa shape index (κ3) is 1.01. The van der Waals surface area contributed by atoms with Gasteiger partial charge in [0, 0.05) is 7.05 Å². The summed E-state index contributed by atoms with van der Waals surface area (Å²) in [5.41, 5.74) is 1.41. The molecule has 14 heavy (non-hydrogen) atoms. The van der Waals surface area contributed by atoms with E-state index in [0.29, 0.717) is 5.02 Å². The smallest absolute Gasteiger partial charge is 0.236 e. The Morgan fingerprint density at radius 3 is 2.57 bits per heavy atom. The normalized spacial score (nSPS) is 18.6. The van der Waals surface area contributed by atoms with Crippen LogP contribution in [-0.4, -0.2) is 13.0 Å². The third-order valence-corrected chi connectivity index (χ3v) is 3.14. The van der Waals surface area contributed by atoms with Crippen LogP contribution in [0, 0.1) is 0 Å². The van der Waals surface area contributed by atoms with Gasteiger partial charge in [0.1, 0.15) is 0 Å². The summed E-state index contributed by atoms with van der Waals surface area (Å²) < 4.78 is 0. The zero-order valence-corrected chi connectivity index (χ0v) is 9.22. The first-order valence-corrected chi connectivity index (χ1v) is 4.91. The summed E-state index contributed by atoms with van der Waals surface area (Å²) in [6.45, 7) is 3.85. The third-order valence-electron chi connectivity index (χ3n) is 2.83. The predicted molar refractivity (Wildman–Crippen MR) is 57.9 cm³/mol. The van der Waals surface area contributed by atoms with Gasteiger partial charge in [0.05, 0.1) is 16.1 Å². The predicted octanol–water partition coefficient (Wildman–Crippen LogP) is 2.59. The van der Waals surface area contributed by atoms with Crippen LogP contribution in [0.1, 0.15) is 19.4 Å². The quantitative estimate of drug-likeness (QED) is 0.643. The monoisotopic (exact) mass is 209 g/mol. The summed E-state index contributed by atoms with van der Waals surface area (Å²) >= 11 is 6.06. The number of carbonyl (C=O) groups is 1. The highest BCUT2D eigenvalue weighted by Crippen LogP contribution is 2.44. The van der Waals surface area contributed by atoms with Crippen molar-refractivity contribution in [3.05, 3.63) is 28.8 Å². The number of nitrogens with zero attached hydrogens (tertiary/aromatic N) is 1. The van der Waals surface area contributed by atoms with Crippen LogP contribution in [-0.2, 0) is 10.2 Å². The summed E-state index contributed by atoms with van der Waals surface area (Å²) in [6, 6.07) is 5.66. The van der Waals surface area contributed by atoms with Crippen molar-refractivity contribution < 1.29 is 4.79 Å². The molecule has 0 atom stereocenters. The number of fused-ring (bicyclic) bond motifs is 1. The highest BCUT2D eigenvalue weighted by Gasteiger charge is 2.42. The molecule has 74 valence electrons. The van der Waals surface area contributed by atoms with Gasteiger partial charge >= 0.3 is 0 Å². The number of anilines is 1. The van der Waals surface area contributed by atoms with E-state index in [0.717, 1.165) is 11.3 Å². The lowest BCUT2D eigenvalue weighted by Gasteiger charge is -2.16. The second-order valence-corrected chi connectivity index (χ2v) is 4.53. The Morgan fingerprint density at radius 2 is 2.00 bits per heavy atom. The average molecular weight is 210 g/mol. The Labute approximate surface area is 88.5 Å². The minimum absolute atomic E-state index is 0.0978. The summed E-state index contributed by atoms with van der Waals surface area (Å²) in [5, 5.41) is 0.643. The lowest BCUT2D eigenvalue weighted by Crippen LogP contribution is -2.33. The van der Waals surface area contributed by atoms with E-state index >= 15 is 0 Å². The second kappa shape index (κ2) is 2.74. The molecule has 0 bridgehead atoms. The maximum Gasteiger partial charge on any atom is 0.236 e. The van der Waals surface area contributed by atoms with E-state index in [1.54, 1.807) is 11.9 Å². The van der Waals surface area contributed by atoms with Crippen LogP contribution in [0.4, 0.5) is 5.69 Å². The number of hydrogen-bond donors (Lipinski definition) is 0. The van der Waals surface area contributed by atoms with E-state index in [4.69, 9.17) is 11.6 Å². The summed E-state index contributed by atoms with van der Waals surface area (Å²) in [6.07, 6.45) is 0. The summed E-state index contributed by atoms with van der Waals surface area (Å²) in [5.74, 6) is 0.0978. The van der Waals surface area contributed by atoms with Crippen LogP contribution in [0.25, 0.3) is 0 Å². The Hall–Kier alpha value is -1.02. The lowest BCUT2D eigenvalue weighted by atomic mass is 9.86. The van der Waals surface area contributed by atoms with E-state index in [1.807, 2.05) is 32.0 Å². The molecule has 1 aromatic rings. The fourth-order valence-corrected chi connectivity index (χ4v) is 2.30. The van der Waals surface area contributed by atoms with Gasteiger partial charge in [-0.3, -0.25) is 4.79 Å². The number of rotatable bonds is 0. The van der Waals surface area contributed by atoms with Crippen LogP contribution >= 0.6 is 11.6 Å². The number of likely N-dealkylation sites (N-methyl/N-ethyl adjacent to an activating group) is 1. The van der Waals surface area contributed by atoms with E-state index in [2.05, 4.69) is 0 Å². The zero-order chi connectivity index (χ0) is 10.5. The van der Waals surface area contributed by atoms with Crippen LogP contribution < -0.4 is 4.90 Å². The van der Waals surface area contributed by atoms with Gasteiger partial charge in [-0.15, -0.1) is 0 Å². The lowest BCUT2D eigenvalue weighted by molar-refractivity contribution is -0.121. The Kier molecular flexibility index (Phi) is 1.86. The molecule has 1 amide bonds. The van der Waals surface area contributed by atoms with Crippen molar-refractivity contribution in [3.8, 4) is 0 Å². The maximum atomic E-state index is 11.9. The number of halogens is 1. The number of carbonyl (C=O) groups excluding carboxylic acids is 1. The van der Waals surface area contributed by atoms with E-state index in [-0.39, 0.29) is 5.91 Å². The molecule has 0 N–H and O–H groups in total.